The van der Waals surface area contributed by atoms with Gasteiger partial charge in [0.25, 0.3) is 0 Å². The van der Waals surface area contributed by atoms with Crippen molar-refractivity contribution >= 4 is 28.4 Å². The Morgan fingerprint density at radius 1 is 1.32 bits per heavy atom. The number of carbonyl (C=O) groups excluding carboxylic acids is 1. The van der Waals surface area contributed by atoms with E-state index >= 15 is 0 Å². The predicted octanol–water partition coefficient (Wildman–Crippen LogP) is 3.23. The van der Waals surface area contributed by atoms with Gasteiger partial charge < -0.3 is 5.32 Å². The molecule has 0 atom stereocenters. The van der Waals surface area contributed by atoms with Crippen molar-refractivity contribution in [2.24, 2.45) is 0 Å². The van der Waals surface area contributed by atoms with Crippen molar-refractivity contribution in [2.45, 2.75) is 32.9 Å². The van der Waals surface area contributed by atoms with Crippen molar-refractivity contribution in [3.05, 3.63) is 41.0 Å². The van der Waals surface area contributed by atoms with Crippen LogP contribution in [0.1, 0.15) is 26.3 Å². The van der Waals surface area contributed by atoms with Crippen molar-refractivity contribution in [1.29, 1.82) is 0 Å². The molecule has 0 saturated carbocycles. The Balaban J connectivity index is 2.07. The molecule has 4 nitrogen and oxygen atoms in total. The van der Waals surface area contributed by atoms with Crippen LogP contribution >= 0.6 is 11.6 Å². The van der Waals surface area contributed by atoms with E-state index in [0.717, 1.165) is 16.5 Å². The molecule has 22 heavy (non-hydrogen) atoms. The Morgan fingerprint density at radius 3 is 2.68 bits per heavy atom. The normalized spacial score (nSPS) is 11.9. The number of benzene rings is 1. The standard InChI is InChI=1S/C17H22ClN3O/c1-17(2,3)20-15(22)11-21(4)10-13-9-12-7-5-6-8-14(12)19-16(13)18/h5-9H,10-11H2,1-4H3,(H,20,22). The smallest absolute Gasteiger partial charge is 0.234 e. The predicted molar refractivity (Wildman–Crippen MR) is 91.0 cm³/mol. The molecule has 0 aliphatic carbocycles. The van der Waals surface area contributed by atoms with Crippen LogP contribution in [0.5, 0.6) is 0 Å². The highest BCUT2D eigenvalue weighted by molar-refractivity contribution is 6.30. The third-order valence-electron chi connectivity index (χ3n) is 3.12. The summed E-state index contributed by atoms with van der Waals surface area (Å²) in [7, 11) is 1.90. The lowest BCUT2D eigenvalue weighted by molar-refractivity contribution is -0.123. The molecule has 0 radical (unpaired) electrons. The fourth-order valence-corrected chi connectivity index (χ4v) is 2.50. The molecule has 0 spiro atoms. The molecule has 5 heteroatoms. The number of para-hydroxylation sites is 1. The van der Waals surface area contributed by atoms with Crippen molar-refractivity contribution in [3.8, 4) is 0 Å². The summed E-state index contributed by atoms with van der Waals surface area (Å²) in [6.07, 6.45) is 0. The highest BCUT2D eigenvalue weighted by atomic mass is 35.5. The minimum atomic E-state index is -0.222. The molecule has 0 unspecified atom stereocenters. The van der Waals surface area contributed by atoms with Crippen LogP contribution in [0.2, 0.25) is 5.15 Å². The molecular weight excluding hydrogens is 298 g/mol. The molecule has 1 amide bonds. The van der Waals surface area contributed by atoms with E-state index in [0.29, 0.717) is 18.2 Å². The summed E-state index contributed by atoms with van der Waals surface area (Å²) in [6.45, 7) is 6.80. The second-order valence-corrected chi connectivity index (χ2v) is 6.96. The first kappa shape index (κ1) is 16.7. The van der Waals surface area contributed by atoms with Crippen molar-refractivity contribution < 1.29 is 4.79 Å². The van der Waals surface area contributed by atoms with E-state index in [1.165, 1.54) is 0 Å². The third-order valence-corrected chi connectivity index (χ3v) is 3.45. The number of aromatic nitrogens is 1. The number of hydrogen-bond acceptors (Lipinski definition) is 3. The minimum Gasteiger partial charge on any atom is -0.350 e. The van der Waals surface area contributed by atoms with Crippen LogP contribution in [0.3, 0.4) is 0 Å². The van der Waals surface area contributed by atoms with Gasteiger partial charge in [-0.05, 0) is 40.0 Å². The molecule has 0 aliphatic heterocycles. The highest BCUT2D eigenvalue weighted by Gasteiger charge is 2.16. The SMILES string of the molecule is CN(CC(=O)NC(C)(C)C)Cc1cc2ccccc2nc1Cl. The zero-order valence-corrected chi connectivity index (χ0v) is 14.2. The fourth-order valence-electron chi connectivity index (χ4n) is 2.30. The molecule has 0 aliphatic rings. The van der Waals surface area contributed by atoms with Crippen LogP contribution in [0.4, 0.5) is 0 Å². The van der Waals surface area contributed by atoms with Gasteiger partial charge in [0, 0.05) is 23.0 Å². The van der Waals surface area contributed by atoms with E-state index in [-0.39, 0.29) is 11.4 Å². The van der Waals surface area contributed by atoms with Gasteiger partial charge in [0.2, 0.25) is 5.91 Å². The largest absolute Gasteiger partial charge is 0.350 e. The Labute approximate surface area is 136 Å². The number of pyridine rings is 1. The van der Waals surface area contributed by atoms with Gasteiger partial charge in [-0.15, -0.1) is 0 Å². The molecule has 1 aromatic carbocycles. The molecule has 2 aromatic rings. The van der Waals surface area contributed by atoms with E-state index in [1.807, 2.05) is 63.1 Å². The number of amides is 1. The molecule has 0 fully saturated rings. The van der Waals surface area contributed by atoms with Gasteiger partial charge >= 0.3 is 0 Å². The van der Waals surface area contributed by atoms with Crippen LogP contribution in [0.25, 0.3) is 10.9 Å². The average Bonchev–Trinajstić information content (AvgIpc) is 2.37. The molecule has 2 rings (SSSR count). The van der Waals surface area contributed by atoms with Crippen molar-refractivity contribution in [2.75, 3.05) is 13.6 Å². The topological polar surface area (TPSA) is 45.2 Å². The summed E-state index contributed by atoms with van der Waals surface area (Å²) >= 11 is 6.25. The summed E-state index contributed by atoms with van der Waals surface area (Å²) in [6, 6.07) is 9.89. The molecule has 1 N–H and O–H groups in total. The lowest BCUT2D eigenvalue weighted by Gasteiger charge is -2.23. The quantitative estimate of drug-likeness (QED) is 0.880. The average molecular weight is 320 g/mol. The summed E-state index contributed by atoms with van der Waals surface area (Å²) in [4.78, 5) is 18.3. The van der Waals surface area contributed by atoms with Gasteiger partial charge in [-0.2, -0.15) is 0 Å². The Hall–Kier alpha value is -1.65. The number of rotatable bonds is 4. The maximum Gasteiger partial charge on any atom is 0.234 e. The zero-order chi connectivity index (χ0) is 16.3. The second kappa shape index (κ2) is 6.63. The highest BCUT2D eigenvalue weighted by Crippen LogP contribution is 2.21. The Bertz CT molecular complexity index is 679. The Morgan fingerprint density at radius 2 is 2.00 bits per heavy atom. The molecular formula is C17H22ClN3O. The van der Waals surface area contributed by atoms with Gasteiger partial charge in [-0.1, -0.05) is 29.8 Å². The van der Waals surface area contributed by atoms with Crippen LogP contribution in [0, 0.1) is 0 Å². The summed E-state index contributed by atoms with van der Waals surface area (Å²) in [5.74, 6) is -0.000120. The number of likely N-dealkylation sites (N-methyl/N-ethyl adjacent to an activating group) is 1. The van der Waals surface area contributed by atoms with Crippen molar-refractivity contribution in [3.63, 3.8) is 0 Å². The molecule has 118 valence electrons. The molecule has 1 heterocycles. The maximum atomic E-state index is 12.0. The van der Waals surface area contributed by atoms with E-state index in [9.17, 15) is 4.79 Å². The minimum absolute atomic E-state index is 0.000120. The summed E-state index contributed by atoms with van der Waals surface area (Å²) in [5.41, 5.74) is 1.58. The summed E-state index contributed by atoms with van der Waals surface area (Å²) < 4.78 is 0. The van der Waals surface area contributed by atoms with Gasteiger partial charge in [-0.25, -0.2) is 4.98 Å². The van der Waals surface area contributed by atoms with Crippen LogP contribution in [0.15, 0.2) is 30.3 Å². The van der Waals surface area contributed by atoms with Gasteiger partial charge in [-0.3, -0.25) is 9.69 Å². The Kier molecular flexibility index (Phi) is 5.04. The number of hydrogen-bond donors (Lipinski definition) is 1. The van der Waals surface area contributed by atoms with Crippen LogP contribution in [-0.4, -0.2) is 34.9 Å². The van der Waals surface area contributed by atoms with Gasteiger partial charge in [0.1, 0.15) is 5.15 Å². The first-order chi connectivity index (χ1) is 10.2. The maximum absolute atomic E-state index is 12.0. The zero-order valence-electron chi connectivity index (χ0n) is 13.5. The van der Waals surface area contributed by atoms with Gasteiger partial charge in [0.15, 0.2) is 0 Å². The monoisotopic (exact) mass is 319 g/mol. The first-order valence-electron chi connectivity index (χ1n) is 7.28. The van der Waals surface area contributed by atoms with E-state index in [4.69, 9.17) is 11.6 Å². The fraction of sp³-hybridized carbons (Fsp3) is 0.412. The number of nitrogens with zero attached hydrogens (tertiary/aromatic N) is 2. The number of carbonyl (C=O) groups is 1. The second-order valence-electron chi connectivity index (χ2n) is 6.60. The molecule has 0 saturated heterocycles. The number of nitrogens with one attached hydrogen (secondary N) is 1. The van der Waals surface area contributed by atoms with E-state index in [1.54, 1.807) is 0 Å². The first-order valence-corrected chi connectivity index (χ1v) is 7.66. The van der Waals surface area contributed by atoms with E-state index in [2.05, 4.69) is 10.3 Å². The summed E-state index contributed by atoms with van der Waals surface area (Å²) in [5, 5.41) is 4.49. The third kappa shape index (κ3) is 4.68. The van der Waals surface area contributed by atoms with E-state index < -0.39 is 0 Å². The number of halogens is 1. The van der Waals surface area contributed by atoms with Crippen LogP contribution < -0.4 is 5.32 Å². The van der Waals surface area contributed by atoms with Crippen LogP contribution in [-0.2, 0) is 11.3 Å². The van der Waals surface area contributed by atoms with Crippen molar-refractivity contribution in [1.82, 2.24) is 15.2 Å². The lowest BCUT2D eigenvalue weighted by Crippen LogP contribution is -2.45. The van der Waals surface area contributed by atoms with Gasteiger partial charge in [0.05, 0.1) is 12.1 Å². The molecule has 1 aromatic heterocycles. The number of fused-ring (bicyclic) bond motifs is 1. The molecule has 0 bridgehead atoms. The lowest BCUT2D eigenvalue weighted by atomic mass is 10.1.